The fraction of sp³-hybridized carbons (Fsp3) is 0.697. The predicted octanol–water partition coefficient (Wildman–Crippen LogP) is 7.90. The summed E-state index contributed by atoms with van der Waals surface area (Å²) in [4.78, 5) is 28.0. The zero-order valence-electron chi connectivity index (χ0n) is 23.9. The van der Waals surface area contributed by atoms with Gasteiger partial charge in [-0.1, -0.05) is 77.0 Å². The summed E-state index contributed by atoms with van der Waals surface area (Å²) in [6.45, 7) is 12.9. The molecule has 0 aliphatic heterocycles. The second-order valence-corrected chi connectivity index (χ2v) is 11.7. The van der Waals surface area contributed by atoms with Crippen molar-refractivity contribution >= 4 is 11.9 Å². The fourth-order valence-electron chi connectivity index (χ4n) is 8.27. The molecular formula is C33H48O4. The van der Waals surface area contributed by atoms with Crippen LogP contribution in [0.4, 0.5) is 0 Å². The van der Waals surface area contributed by atoms with Crippen LogP contribution in [0.25, 0.3) is 0 Å². The Morgan fingerprint density at radius 1 is 0.730 bits per heavy atom. The molecule has 0 aromatic heterocycles. The third-order valence-corrected chi connectivity index (χ3v) is 10.2. The van der Waals surface area contributed by atoms with Crippen molar-refractivity contribution in [3.63, 3.8) is 0 Å². The minimum atomic E-state index is -0.632. The molecule has 204 valence electrons. The molecular weight excluding hydrogens is 460 g/mol. The van der Waals surface area contributed by atoms with Gasteiger partial charge in [-0.2, -0.15) is 0 Å². The molecule has 2 fully saturated rings. The van der Waals surface area contributed by atoms with E-state index in [1.54, 1.807) is 0 Å². The first-order chi connectivity index (χ1) is 17.8. The van der Waals surface area contributed by atoms with Crippen molar-refractivity contribution in [2.45, 2.75) is 111 Å². The summed E-state index contributed by atoms with van der Waals surface area (Å²) in [6.07, 6.45) is 20.8. The maximum absolute atomic E-state index is 14.0. The van der Waals surface area contributed by atoms with E-state index in [0.29, 0.717) is 0 Å². The molecule has 4 rings (SSSR count). The second-order valence-electron chi connectivity index (χ2n) is 11.7. The Kier molecular flexibility index (Phi) is 8.55. The summed E-state index contributed by atoms with van der Waals surface area (Å²) in [5.74, 6) is -0.402. The van der Waals surface area contributed by atoms with Gasteiger partial charge in [-0.25, -0.2) is 0 Å². The fourth-order valence-corrected chi connectivity index (χ4v) is 8.27. The van der Waals surface area contributed by atoms with Gasteiger partial charge in [0.1, 0.15) is 11.2 Å². The van der Waals surface area contributed by atoms with Crippen molar-refractivity contribution in [1.29, 1.82) is 0 Å². The number of hydrogen-bond acceptors (Lipinski definition) is 4. The molecule has 0 heterocycles. The standard InChI is InChI=1S/C33H48O4/c1-7-22-15-13-19-32(11-5,26(22)9-3)36-30(34)28-24-17-18-25(21-24)29(28)31(35)37-33(12-6)20-14-16-23(8-2)27(33)10-4/h13-16,19-20,24-29H,7-12,17-18,21H2,1-6H3. The average Bonchev–Trinajstić information content (AvgIpc) is 3.54. The molecule has 0 saturated heterocycles. The summed E-state index contributed by atoms with van der Waals surface area (Å²) in [6, 6.07) is 0. The maximum atomic E-state index is 14.0. The van der Waals surface area contributed by atoms with Gasteiger partial charge < -0.3 is 9.47 Å². The van der Waals surface area contributed by atoms with Crippen molar-refractivity contribution in [3.8, 4) is 0 Å². The molecule has 0 amide bonds. The highest BCUT2D eigenvalue weighted by Gasteiger charge is 2.58. The lowest BCUT2D eigenvalue weighted by Crippen LogP contribution is -2.48. The molecule has 4 aliphatic carbocycles. The third kappa shape index (κ3) is 4.79. The molecule has 0 spiro atoms. The van der Waals surface area contributed by atoms with Crippen molar-refractivity contribution in [3.05, 3.63) is 47.6 Å². The third-order valence-electron chi connectivity index (χ3n) is 10.2. The first kappa shape index (κ1) is 27.9. The smallest absolute Gasteiger partial charge is 0.310 e. The molecule has 2 saturated carbocycles. The molecule has 0 aromatic carbocycles. The van der Waals surface area contributed by atoms with E-state index < -0.39 is 23.0 Å². The lowest BCUT2D eigenvalue weighted by atomic mass is 9.73. The van der Waals surface area contributed by atoms with E-state index in [0.717, 1.165) is 57.8 Å². The van der Waals surface area contributed by atoms with Gasteiger partial charge >= 0.3 is 11.9 Å². The van der Waals surface area contributed by atoms with E-state index in [1.807, 2.05) is 0 Å². The first-order valence-corrected chi connectivity index (χ1v) is 15.1. The van der Waals surface area contributed by atoms with E-state index in [1.165, 1.54) is 11.1 Å². The Bertz CT molecular complexity index is 908. The van der Waals surface area contributed by atoms with Gasteiger partial charge in [0.05, 0.1) is 11.8 Å². The van der Waals surface area contributed by atoms with Gasteiger partial charge in [0.25, 0.3) is 0 Å². The number of carbonyl (C=O) groups is 2. The van der Waals surface area contributed by atoms with E-state index >= 15 is 0 Å². The molecule has 2 bridgehead atoms. The molecule has 8 atom stereocenters. The Labute approximate surface area is 224 Å². The second kappa shape index (κ2) is 11.3. The van der Waals surface area contributed by atoms with Crippen molar-refractivity contribution in [1.82, 2.24) is 0 Å². The Hall–Kier alpha value is -2.10. The van der Waals surface area contributed by atoms with Crippen LogP contribution in [0.5, 0.6) is 0 Å². The molecule has 0 N–H and O–H groups in total. The highest BCUT2D eigenvalue weighted by Crippen LogP contribution is 2.55. The van der Waals surface area contributed by atoms with Gasteiger partial charge in [0.2, 0.25) is 0 Å². The van der Waals surface area contributed by atoms with Crippen LogP contribution in [-0.4, -0.2) is 23.1 Å². The molecule has 4 aliphatic rings. The molecule has 8 unspecified atom stereocenters. The van der Waals surface area contributed by atoms with Gasteiger partial charge in [-0.3, -0.25) is 9.59 Å². The van der Waals surface area contributed by atoms with Gasteiger partial charge in [0, 0.05) is 11.8 Å². The monoisotopic (exact) mass is 508 g/mol. The highest BCUT2D eigenvalue weighted by atomic mass is 16.6. The number of ether oxygens (including phenoxy) is 2. The summed E-state index contributed by atoms with van der Waals surface area (Å²) in [5.41, 5.74) is 1.41. The molecule has 0 radical (unpaired) electrons. The highest BCUT2D eigenvalue weighted by molar-refractivity contribution is 5.84. The minimum Gasteiger partial charge on any atom is -0.454 e. The zero-order valence-corrected chi connectivity index (χ0v) is 23.9. The number of rotatable bonds is 10. The van der Waals surface area contributed by atoms with Crippen LogP contribution in [0.2, 0.25) is 0 Å². The van der Waals surface area contributed by atoms with Crippen LogP contribution in [0, 0.1) is 35.5 Å². The van der Waals surface area contributed by atoms with Crippen LogP contribution in [0.1, 0.15) is 99.3 Å². The van der Waals surface area contributed by atoms with Crippen molar-refractivity contribution in [2.24, 2.45) is 35.5 Å². The van der Waals surface area contributed by atoms with Crippen molar-refractivity contribution < 1.29 is 19.1 Å². The van der Waals surface area contributed by atoms with Gasteiger partial charge in [-0.15, -0.1) is 0 Å². The lowest BCUT2D eigenvalue weighted by Gasteiger charge is -2.43. The van der Waals surface area contributed by atoms with Crippen LogP contribution < -0.4 is 0 Å². The maximum Gasteiger partial charge on any atom is 0.310 e. The van der Waals surface area contributed by atoms with Gasteiger partial charge in [0.15, 0.2) is 0 Å². The average molecular weight is 509 g/mol. The normalized spacial score (nSPS) is 38.3. The van der Waals surface area contributed by atoms with Crippen LogP contribution >= 0.6 is 0 Å². The summed E-state index contributed by atoms with van der Waals surface area (Å²) < 4.78 is 13.0. The number of allylic oxidation sites excluding steroid dienone is 4. The van der Waals surface area contributed by atoms with Crippen LogP contribution in [0.15, 0.2) is 47.6 Å². The van der Waals surface area contributed by atoms with E-state index in [2.05, 4.69) is 78.0 Å². The first-order valence-electron chi connectivity index (χ1n) is 15.1. The molecule has 4 nitrogen and oxygen atoms in total. The minimum absolute atomic E-state index is 0.181. The van der Waals surface area contributed by atoms with Crippen molar-refractivity contribution in [2.75, 3.05) is 0 Å². The lowest BCUT2D eigenvalue weighted by molar-refractivity contribution is -0.180. The van der Waals surface area contributed by atoms with Crippen LogP contribution in [-0.2, 0) is 19.1 Å². The Morgan fingerprint density at radius 3 is 1.46 bits per heavy atom. The van der Waals surface area contributed by atoms with Gasteiger partial charge in [-0.05, 0) is 81.8 Å². The van der Waals surface area contributed by atoms with E-state index in [4.69, 9.17) is 9.47 Å². The summed E-state index contributed by atoms with van der Waals surface area (Å²) in [7, 11) is 0. The molecule has 0 aromatic rings. The predicted molar refractivity (Wildman–Crippen MR) is 149 cm³/mol. The van der Waals surface area contributed by atoms with E-state index in [-0.39, 0.29) is 35.6 Å². The number of esters is 2. The van der Waals surface area contributed by atoms with E-state index in [9.17, 15) is 9.59 Å². The SMILES string of the molecule is CCC1=CC=CC(CC)(OC(=O)C2C3CCC(C3)C2C(=O)OC2(CC)C=CC=C(CC)C2CC)C1CC. The molecule has 37 heavy (non-hydrogen) atoms. The topological polar surface area (TPSA) is 52.6 Å². The zero-order chi connectivity index (χ0) is 26.8. The summed E-state index contributed by atoms with van der Waals surface area (Å²) in [5, 5.41) is 0. The number of fused-ring (bicyclic) bond motifs is 2. The van der Waals surface area contributed by atoms with Crippen LogP contribution in [0.3, 0.4) is 0 Å². The Morgan fingerprint density at radius 2 is 1.14 bits per heavy atom. The summed E-state index contributed by atoms with van der Waals surface area (Å²) >= 11 is 0. The quantitative estimate of drug-likeness (QED) is 0.281. The largest absolute Gasteiger partial charge is 0.454 e. The number of carbonyl (C=O) groups excluding carboxylic acids is 2. The number of hydrogen-bond donors (Lipinski definition) is 0. The Balaban J connectivity index is 1.58. The molecule has 4 heteroatoms.